The van der Waals surface area contributed by atoms with Crippen molar-refractivity contribution >= 4 is 26.9 Å². The smallest absolute Gasteiger partial charge is 0.336 e. The van der Waals surface area contributed by atoms with E-state index in [0.717, 1.165) is 10.9 Å². The summed E-state index contributed by atoms with van der Waals surface area (Å²) in [4.78, 5) is 20.1. The van der Waals surface area contributed by atoms with Crippen molar-refractivity contribution in [3.05, 3.63) is 93.4 Å². The van der Waals surface area contributed by atoms with Crippen LogP contribution in [-0.4, -0.2) is 33.4 Å². The van der Waals surface area contributed by atoms with E-state index in [-0.39, 0.29) is 17.5 Å². The van der Waals surface area contributed by atoms with E-state index < -0.39 is 15.6 Å². The summed E-state index contributed by atoms with van der Waals surface area (Å²) < 4.78 is 40.8. The second-order valence-corrected chi connectivity index (χ2v) is 10.5. The van der Waals surface area contributed by atoms with Crippen molar-refractivity contribution in [2.45, 2.75) is 39.2 Å². The van der Waals surface area contributed by atoms with E-state index in [1.807, 2.05) is 26.0 Å². The molecule has 3 heterocycles. The minimum absolute atomic E-state index is 0.0198. The highest BCUT2D eigenvalue weighted by Gasteiger charge is 2.17. The molecule has 0 aliphatic carbocycles. The number of anilines is 1. The van der Waals surface area contributed by atoms with Gasteiger partial charge < -0.3 is 9.15 Å². The van der Waals surface area contributed by atoms with Gasteiger partial charge in [0.25, 0.3) is 10.0 Å². The van der Waals surface area contributed by atoms with Gasteiger partial charge in [0.1, 0.15) is 23.6 Å². The summed E-state index contributed by atoms with van der Waals surface area (Å²) in [6.45, 7) is 7.35. The van der Waals surface area contributed by atoms with Gasteiger partial charge in [-0.2, -0.15) is 0 Å². The summed E-state index contributed by atoms with van der Waals surface area (Å²) in [6.07, 6.45) is 1.69. The lowest BCUT2D eigenvalue weighted by atomic mass is 10.1. The molecule has 12 heteroatoms. The van der Waals surface area contributed by atoms with Crippen molar-refractivity contribution in [2.75, 3.05) is 4.72 Å². The molecule has 0 amide bonds. The van der Waals surface area contributed by atoms with E-state index in [1.165, 1.54) is 22.9 Å². The molecular formula is C26H24N6O5S. The van der Waals surface area contributed by atoms with E-state index in [9.17, 15) is 13.2 Å². The number of fused-ring (bicyclic) bond motifs is 1. The van der Waals surface area contributed by atoms with Gasteiger partial charge in [-0.3, -0.25) is 0 Å². The summed E-state index contributed by atoms with van der Waals surface area (Å²) in [7, 11) is -3.87. The summed E-state index contributed by atoms with van der Waals surface area (Å²) in [5.41, 5.74) is 4.12. The van der Waals surface area contributed by atoms with Gasteiger partial charge in [-0.15, -0.1) is 5.10 Å². The third kappa shape index (κ3) is 5.11. The Morgan fingerprint density at radius 1 is 0.974 bits per heavy atom. The number of nitrogens with one attached hydrogen (secondary N) is 1. The number of aromatic nitrogens is 5. The Hall–Kier alpha value is -4.58. The zero-order valence-electron chi connectivity index (χ0n) is 21.1. The Kier molecular flexibility index (Phi) is 6.41. The van der Waals surface area contributed by atoms with Crippen molar-refractivity contribution < 1.29 is 17.6 Å². The summed E-state index contributed by atoms with van der Waals surface area (Å²) in [5.74, 6) is 0.585. The number of rotatable bonds is 7. The van der Waals surface area contributed by atoms with Crippen LogP contribution in [0.25, 0.3) is 16.7 Å². The minimum atomic E-state index is -3.87. The maximum atomic E-state index is 12.8. The van der Waals surface area contributed by atoms with E-state index in [4.69, 9.17) is 9.15 Å². The summed E-state index contributed by atoms with van der Waals surface area (Å²) in [5, 5.41) is 9.10. The molecule has 0 bridgehead atoms. The average molecular weight is 533 g/mol. The lowest BCUT2D eigenvalue weighted by Crippen LogP contribution is -2.15. The second-order valence-electron chi connectivity index (χ2n) is 8.83. The van der Waals surface area contributed by atoms with Crippen LogP contribution in [0, 0.1) is 27.7 Å². The molecule has 0 spiro atoms. The first-order chi connectivity index (χ1) is 18.1. The molecule has 194 valence electrons. The molecule has 0 saturated carbocycles. The van der Waals surface area contributed by atoms with Gasteiger partial charge >= 0.3 is 5.63 Å². The van der Waals surface area contributed by atoms with Crippen molar-refractivity contribution in [2.24, 2.45) is 0 Å². The number of sulfonamides is 1. The number of nitrogens with zero attached hydrogens (tertiary/aromatic N) is 5. The third-order valence-corrected chi connectivity index (χ3v) is 7.20. The fraction of sp³-hybridized carbons (Fsp3) is 0.192. The molecule has 5 rings (SSSR count). The first-order valence-corrected chi connectivity index (χ1v) is 13.1. The quantitative estimate of drug-likeness (QED) is 0.310. The van der Waals surface area contributed by atoms with Crippen LogP contribution < -0.4 is 15.1 Å². The number of ether oxygens (including phenoxy) is 1. The number of aryl methyl sites for hydroxylation is 4. The molecule has 0 fully saturated rings. The summed E-state index contributed by atoms with van der Waals surface area (Å²) >= 11 is 0. The largest absolute Gasteiger partial charge is 0.487 e. The standard InChI is InChI=1S/C26H24N6O5S/c1-15-11-24(33)37-25-18(4)23(10-9-22(15)25)36-14-19-13-32(31-29-19)20-5-7-21(8-6-20)38(34,35)30-26-27-16(2)12-17(3)28-26/h5-13H,14H2,1-4H3,(H,27,28,30). The molecule has 0 atom stereocenters. The molecule has 0 radical (unpaired) electrons. The highest BCUT2D eigenvalue weighted by Crippen LogP contribution is 2.28. The maximum absolute atomic E-state index is 12.8. The molecule has 0 saturated heterocycles. The maximum Gasteiger partial charge on any atom is 0.336 e. The van der Waals surface area contributed by atoms with Crippen LogP contribution in [0.5, 0.6) is 5.75 Å². The zero-order chi connectivity index (χ0) is 27.0. The number of benzene rings is 2. The molecule has 0 aliphatic heterocycles. The van der Waals surface area contributed by atoms with Gasteiger partial charge in [-0.25, -0.2) is 32.6 Å². The molecule has 5 aromatic rings. The van der Waals surface area contributed by atoms with Crippen LogP contribution in [0.15, 0.2) is 68.8 Å². The molecule has 38 heavy (non-hydrogen) atoms. The van der Waals surface area contributed by atoms with Gasteiger partial charge in [-0.1, -0.05) is 5.21 Å². The molecule has 2 aromatic carbocycles. The zero-order valence-corrected chi connectivity index (χ0v) is 21.9. The fourth-order valence-corrected chi connectivity index (χ4v) is 4.97. The Morgan fingerprint density at radius 3 is 2.39 bits per heavy atom. The van der Waals surface area contributed by atoms with Gasteiger partial charge in [0, 0.05) is 28.4 Å². The first-order valence-electron chi connectivity index (χ1n) is 11.6. The van der Waals surface area contributed by atoms with Crippen molar-refractivity contribution in [3.63, 3.8) is 0 Å². The van der Waals surface area contributed by atoms with Crippen LogP contribution in [0.2, 0.25) is 0 Å². The Labute approximate surface area is 218 Å². The summed E-state index contributed by atoms with van der Waals surface area (Å²) in [6, 6.07) is 13.1. The van der Waals surface area contributed by atoms with E-state index in [0.29, 0.717) is 39.7 Å². The van der Waals surface area contributed by atoms with Gasteiger partial charge in [0.05, 0.1) is 16.8 Å². The monoisotopic (exact) mass is 532 g/mol. The van der Waals surface area contributed by atoms with E-state index in [2.05, 4.69) is 25.0 Å². The van der Waals surface area contributed by atoms with Gasteiger partial charge in [0.15, 0.2) is 0 Å². The van der Waals surface area contributed by atoms with Gasteiger partial charge in [0.2, 0.25) is 5.95 Å². The van der Waals surface area contributed by atoms with Crippen LogP contribution >= 0.6 is 0 Å². The van der Waals surface area contributed by atoms with E-state index >= 15 is 0 Å². The molecule has 3 aromatic heterocycles. The third-order valence-electron chi connectivity index (χ3n) is 5.85. The predicted octanol–water partition coefficient (Wildman–Crippen LogP) is 3.78. The van der Waals surface area contributed by atoms with Crippen LogP contribution in [0.1, 0.15) is 28.2 Å². The van der Waals surface area contributed by atoms with Crippen LogP contribution in [-0.2, 0) is 16.6 Å². The molecule has 1 N–H and O–H groups in total. The van der Waals surface area contributed by atoms with Gasteiger partial charge in [-0.05, 0) is 75.7 Å². The molecule has 0 unspecified atom stereocenters. The van der Waals surface area contributed by atoms with Crippen molar-refractivity contribution in [1.29, 1.82) is 0 Å². The normalized spacial score (nSPS) is 11.6. The van der Waals surface area contributed by atoms with Crippen LogP contribution in [0.3, 0.4) is 0 Å². The second kappa shape index (κ2) is 9.71. The molecule has 11 nitrogen and oxygen atoms in total. The Balaban J connectivity index is 1.29. The average Bonchev–Trinajstić information content (AvgIpc) is 3.32. The van der Waals surface area contributed by atoms with Crippen molar-refractivity contribution in [1.82, 2.24) is 25.0 Å². The Morgan fingerprint density at radius 2 is 1.68 bits per heavy atom. The lowest BCUT2D eigenvalue weighted by molar-refractivity contribution is 0.299. The fourth-order valence-electron chi connectivity index (χ4n) is 4.03. The van der Waals surface area contributed by atoms with Crippen LogP contribution in [0.4, 0.5) is 5.95 Å². The minimum Gasteiger partial charge on any atom is -0.487 e. The predicted molar refractivity (Wildman–Crippen MR) is 140 cm³/mol. The molecule has 0 aliphatic rings. The highest BCUT2D eigenvalue weighted by molar-refractivity contribution is 7.92. The van der Waals surface area contributed by atoms with Crippen molar-refractivity contribution in [3.8, 4) is 11.4 Å². The topological polar surface area (TPSA) is 142 Å². The first kappa shape index (κ1) is 25.1. The number of hydrogen-bond donors (Lipinski definition) is 1. The molecular weight excluding hydrogens is 508 g/mol. The van der Waals surface area contributed by atoms with E-state index in [1.54, 1.807) is 38.2 Å². The lowest BCUT2D eigenvalue weighted by Gasteiger charge is -2.10. The Bertz CT molecular complexity index is 1810. The number of hydrogen-bond acceptors (Lipinski definition) is 9. The highest BCUT2D eigenvalue weighted by atomic mass is 32.2. The SMILES string of the molecule is Cc1cc(C)nc(NS(=O)(=O)c2ccc(-n3cc(COc4ccc5c(C)cc(=O)oc5c4C)nn3)cc2)n1.